The van der Waals surface area contributed by atoms with E-state index < -0.39 is 18.4 Å². The highest BCUT2D eigenvalue weighted by molar-refractivity contribution is 4.90. The van der Waals surface area contributed by atoms with Gasteiger partial charge < -0.3 is 14.9 Å². The largest absolute Gasteiger partial charge is 0.390 e. The van der Waals surface area contributed by atoms with Crippen LogP contribution in [0.3, 0.4) is 0 Å². The molecule has 0 spiro atoms. The van der Waals surface area contributed by atoms with E-state index in [1.54, 1.807) is 6.92 Å². The van der Waals surface area contributed by atoms with E-state index >= 15 is 0 Å². The van der Waals surface area contributed by atoms with Crippen LogP contribution >= 0.6 is 0 Å². The van der Waals surface area contributed by atoms with Crippen LogP contribution in [0.5, 0.6) is 0 Å². The Morgan fingerprint density at radius 1 is 1.50 bits per heavy atom. The lowest BCUT2D eigenvalue weighted by Crippen LogP contribution is -2.51. The number of hydrogen-bond acceptors (Lipinski definition) is 4. The molecule has 1 heterocycles. The van der Waals surface area contributed by atoms with Crippen molar-refractivity contribution in [1.82, 2.24) is 0 Å². The first-order valence-corrected chi connectivity index (χ1v) is 4.67. The molecule has 1 fully saturated rings. The summed E-state index contributed by atoms with van der Waals surface area (Å²) in [4.78, 5) is 2.62. The third-order valence-corrected chi connectivity index (χ3v) is 2.65. The normalized spacial score (nSPS) is 43.0. The second-order valence-corrected chi connectivity index (χ2v) is 3.52. The Balaban J connectivity index is 2.78. The minimum absolute atomic E-state index is 0.292. The van der Waals surface area contributed by atoms with Crippen LogP contribution in [0.25, 0.3) is 10.4 Å². The van der Waals surface area contributed by atoms with E-state index in [1.165, 1.54) is 0 Å². The molecule has 0 aromatic rings. The molecule has 80 valence electrons. The van der Waals surface area contributed by atoms with Crippen molar-refractivity contribution in [2.75, 3.05) is 0 Å². The van der Waals surface area contributed by atoms with Crippen LogP contribution in [0.2, 0.25) is 0 Å². The van der Waals surface area contributed by atoms with E-state index in [4.69, 9.17) is 10.3 Å². The molecule has 3 unspecified atom stereocenters. The second-order valence-electron chi connectivity index (χ2n) is 3.52. The van der Waals surface area contributed by atoms with Gasteiger partial charge in [-0.3, -0.25) is 0 Å². The van der Waals surface area contributed by atoms with E-state index in [9.17, 15) is 10.2 Å². The molecule has 6 nitrogen and oxygen atoms in total. The Morgan fingerprint density at radius 3 is 2.64 bits per heavy atom. The fourth-order valence-electron chi connectivity index (χ4n) is 1.70. The Bertz CT molecular complexity index is 242. The average molecular weight is 201 g/mol. The van der Waals surface area contributed by atoms with Gasteiger partial charge in [-0.1, -0.05) is 19.0 Å². The van der Waals surface area contributed by atoms with Gasteiger partial charge in [0.15, 0.2) is 6.29 Å². The quantitative estimate of drug-likeness (QED) is 0.392. The van der Waals surface area contributed by atoms with Crippen LogP contribution in [0.4, 0.5) is 0 Å². The number of hydrogen-bond donors (Lipinski definition) is 2. The number of nitrogens with zero attached hydrogens (tertiary/aromatic N) is 3. The highest BCUT2D eigenvalue weighted by atomic mass is 16.6. The zero-order chi connectivity index (χ0) is 10.7. The molecule has 6 heteroatoms. The summed E-state index contributed by atoms with van der Waals surface area (Å²) in [6.07, 6.45) is -1.58. The highest BCUT2D eigenvalue weighted by Crippen LogP contribution is 2.28. The molecule has 0 bridgehead atoms. The average Bonchev–Trinajstić information content (AvgIpc) is 2.18. The third-order valence-electron chi connectivity index (χ3n) is 2.65. The number of azide groups is 1. The Kier molecular flexibility index (Phi) is 3.71. The molecule has 0 aliphatic carbocycles. The number of aliphatic hydroxyl groups is 2. The Labute approximate surface area is 82.1 Å². The minimum Gasteiger partial charge on any atom is -0.390 e. The molecule has 14 heavy (non-hydrogen) atoms. The van der Waals surface area contributed by atoms with Gasteiger partial charge in [0.25, 0.3) is 0 Å². The van der Waals surface area contributed by atoms with Gasteiger partial charge in [0.2, 0.25) is 0 Å². The zero-order valence-electron chi connectivity index (χ0n) is 8.24. The Hall–Kier alpha value is -0.810. The first-order chi connectivity index (χ1) is 6.61. The first kappa shape index (κ1) is 11.3. The van der Waals surface area contributed by atoms with Crippen molar-refractivity contribution in [3.8, 4) is 0 Å². The van der Waals surface area contributed by atoms with Crippen molar-refractivity contribution in [1.29, 1.82) is 0 Å². The molecule has 5 atom stereocenters. The molecule has 0 radical (unpaired) electrons. The smallest absolute Gasteiger partial charge is 0.163 e. The van der Waals surface area contributed by atoms with Crippen LogP contribution in [0.15, 0.2) is 5.11 Å². The SMILES string of the molecule is CCC1OC(O)C(N=[N+]=[N-])[C@@H](C)[C@@H]1O. The predicted molar refractivity (Wildman–Crippen MR) is 49.3 cm³/mol. The molecule has 0 aromatic carbocycles. The first-order valence-electron chi connectivity index (χ1n) is 4.67. The van der Waals surface area contributed by atoms with Crippen LogP contribution in [0, 0.1) is 5.92 Å². The Morgan fingerprint density at radius 2 is 2.14 bits per heavy atom. The molecular formula is C8H15N3O3. The fourth-order valence-corrected chi connectivity index (χ4v) is 1.70. The molecule has 2 N–H and O–H groups in total. The van der Waals surface area contributed by atoms with Crippen molar-refractivity contribution in [3.63, 3.8) is 0 Å². The molecule has 1 rings (SSSR count). The van der Waals surface area contributed by atoms with Crippen molar-refractivity contribution in [3.05, 3.63) is 10.4 Å². The standard InChI is InChI=1S/C8H15N3O3/c1-3-5-7(12)4(2)6(10-11-9)8(13)14-5/h4-8,12-13H,3H2,1-2H3/t4-,5?,6?,7+,8?/m1/s1. The maximum Gasteiger partial charge on any atom is 0.163 e. The van der Waals surface area contributed by atoms with Gasteiger partial charge in [-0.2, -0.15) is 0 Å². The van der Waals surface area contributed by atoms with Crippen LogP contribution in [-0.2, 0) is 4.74 Å². The molecular weight excluding hydrogens is 186 g/mol. The van der Waals surface area contributed by atoms with E-state index in [2.05, 4.69) is 10.0 Å². The van der Waals surface area contributed by atoms with Crippen molar-refractivity contribution >= 4 is 0 Å². The van der Waals surface area contributed by atoms with E-state index in [0.29, 0.717) is 6.42 Å². The van der Waals surface area contributed by atoms with Gasteiger partial charge in [0.05, 0.1) is 18.2 Å². The number of ether oxygens (including phenoxy) is 1. The maximum absolute atomic E-state index is 9.73. The van der Waals surface area contributed by atoms with Gasteiger partial charge in [-0.05, 0) is 17.9 Å². The van der Waals surface area contributed by atoms with E-state index in [-0.39, 0.29) is 12.0 Å². The lowest BCUT2D eigenvalue weighted by molar-refractivity contribution is -0.225. The summed E-state index contributed by atoms with van der Waals surface area (Å²) in [7, 11) is 0. The monoisotopic (exact) mass is 201 g/mol. The molecule has 1 aliphatic rings. The second kappa shape index (κ2) is 4.61. The van der Waals surface area contributed by atoms with Gasteiger partial charge in [0.1, 0.15) is 0 Å². The summed E-state index contributed by atoms with van der Waals surface area (Å²) in [6, 6.07) is -0.710. The van der Waals surface area contributed by atoms with Crippen molar-refractivity contribution < 1.29 is 14.9 Å². The van der Waals surface area contributed by atoms with Crippen LogP contribution in [0.1, 0.15) is 20.3 Å². The maximum atomic E-state index is 9.73. The topological polar surface area (TPSA) is 98.5 Å². The predicted octanol–water partition coefficient (Wildman–Crippen LogP) is 0.789. The summed E-state index contributed by atoms with van der Waals surface area (Å²) in [6.45, 7) is 3.60. The minimum atomic E-state index is -1.12. The van der Waals surface area contributed by atoms with Gasteiger partial charge in [-0.25, -0.2) is 0 Å². The van der Waals surface area contributed by atoms with Crippen LogP contribution < -0.4 is 0 Å². The fraction of sp³-hybridized carbons (Fsp3) is 1.00. The van der Waals surface area contributed by atoms with Crippen molar-refractivity contribution in [2.24, 2.45) is 11.0 Å². The van der Waals surface area contributed by atoms with Crippen LogP contribution in [-0.4, -0.2) is 34.8 Å². The summed E-state index contributed by atoms with van der Waals surface area (Å²) >= 11 is 0. The van der Waals surface area contributed by atoms with E-state index in [1.807, 2.05) is 6.92 Å². The van der Waals surface area contributed by atoms with Gasteiger partial charge in [0, 0.05) is 4.91 Å². The third kappa shape index (κ3) is 1.99. The molecule has 0 aromatic heterocycles. The number of rotatable bonds is 2. The zero-order valence-corrected chi connectivity index (χ0v) is 8.24. The van der Waals surface area contributed by atoms with Gasteiger partial charge >= 0.3 is 0 Å². The highest BCUT2D eigenvalue weighted by Gasteiger charge is 2.40. The van der Waals surface area contributed by atoms with E-state index in [0.717, 1.165) is 0 Å². The van der Waals surface area contributed by atoms with Gasteiger partial charge in [-0.15, -0.1) is 0 Å². The number of aliphatic hydroxyl groups excluding tert-OH is 2. The molecule has 1 aliphatic heterocycles. The van der Waals surface area contributed by atoms with Crippen molar-refractivity contribution in [2.45, 2.75) is 44.8 Å². The summed E-state index contributed by atoms with van der Waals surface area (Å²) in [5.41, 5.74) is 8.27. The summed E-state index contributed by atoms with van der Waals surface area (Å²) in [5, 5.41) is 22.6. The lowest BCUT2D eigenvalue weighted by atomic mass is 9.88. The summed E-state index contributed by atoms with van der Waals surface area (Å²) < 4.78 is 5.12. The molecule has 0 saturated carbocycles. The lowest BCUT2D eigenvalue weighted by Gasteiger charge is -2.39. The summed E-state index contributed by atoms with van der Waals surface area (Å²) in [5.74, 6) is -0.292. The molecule has 1 saturated heterocycles. The molecule has 0 amide bonds.